The van der Waals surface area contributed by atoms with Crippen molar-refractivity contribution in [3.63, 3.8) is 0 Å². The molecule has 6 nitrogen and oxygen atoms in total. The van der Waals surface area contributed by atoms with Crippen LogP contribution < -0.4 is 11.5 Å². The molecule has 0 aliphatic rings. The van der Waals surface area contributed by atoms with Gasteiger partial charge < -0.3 is 16.3 Å². The van der Waals surface area contributed by atoms with Crippen LogP contribution in [-0.4, -0.2) is 22.1 Å². The molecule has 9 heavy (non-hydrogen) atoms. The zero-order chi connectivity index (χ0) is 8.28. The van der Waals surface area contributed by atoms with E-state index in [0.29, 0.717) is 0 Å². The van der Waals surface area contributed by atoms with Gasteiger partial charge in [-0.1, -0.05) is 0 Å². The second-order valence-corrected chi connectivity index (χ2v) is 0.652. The average molecular weight is 150 g/mol. The van der Waals surface area contributed by atoms with E-state index in [-0.39, 0.29) is 0 Å². The zero-order valence-electron chi connectivity index (χ0n) is 4.49. The van der Waals surface area contributed by atoms with Crippen LogP contribution in [0.1, 0.15) is 0 Å². The average Bonchev–Trinajstić information content (AvgIpc) is 1.71. The van der Waals surface area contributed by atoms with Crippen molar-refractivity contribution in [1.29, 1.82) is 0 Å². The largest absolute Gasteiger partial charge is 0.549 e. The van der Waals surface area contributed by atoms with Gasteiger partial charge in [-0.3, -0.25) is 8.92 Å². The van der Waals surface area contributed by atoms with Crippen molar-refractivity contribution in [2.45, 2.75) is 0 Å². The van der Waals surface area contributed by atoms with E-state index in [4.69, 9.17) is 18.5 Å². The molecule has 2 amide bonds. The number of primary amides is 2. The molecule has 0 aromatic rings. The molecule has 0 radical (unpaired) electrons. The maximum atomic E-state index is 9.00. The van der Waals surface area contributed by atoms with E-state index in [0.717, 1.165) is 0 Å². The molecule has 0 aliphatic heterocycles. The van der Waals surface area contributed by atoms with Gasteiger partial charge in [0, 0.05) is 0 Å². The molecular weight excluding hydrogens is 144 g/mol. The van der Waals surface area contributed by atoms with Gasteiger partial charge >= 0.3 is 15.3 Å². The van der Waals surface area contributed by atoms with Crippen LogP contribution in [0.25, 0.3) is 0 Å². The Kier molecular flexibility index (Phi) is 51.2. The highest BCUT2D eigenvalue weighted by molar-refractivity contribution is 5.94. The lowest BCUT2D eigenvalue weighted by atomic mass is 11.2. The van der Waals surface area contributed by atoms with Gasteiger partial charge in [-0.2, -0.15) is 0 Å². The summed E-state index contributed by atoms with van der Waals surface area (Å²) in [5, 5.41) is 0. The fourth-order valence-corrected chi connectivity index (χ4v) is 0. The van der Waals surface area contributed by atoms with E-state index in [2.05, 4.69) is 11.5 Å². The molecular formula is C2H6N2O4Si. The number of hydrogen-bond acceptors (Lipinski definition) is 4. The van der Waals surface area contributed by atoms with Crippen molar-refractivity contribution in [3.8, 4) is 0 Å². The Morgan fingerprint density at radius 1 is 1.22 bits per heavy atom. The summed E-state index contributed by atoms with van der Waals surface area (Å²) < 4.78 is 16.8. The van der Waals surface area contributed by atoms with E-state index in [1.807, 2.05) is 6.79 Å². The third kappa shape index (κ3) is 98.9. The van der Waals surface area contributed by atoms with Crippen LogP contribution in [0.3, 0.4) is 0 Å². The fraction of sp³-hybridized carbons (Fsp3) is 0. The molecule has 0 aromatic carbocycles. The van der Waals surface area contributed by atoms with Gasteiger partial charge in [0.15, 0.2) is 0 Å². The molecule has 0 saturated heterocycles. The molecule has 4 N–H and O–H groups in total. The Morgan fingerprint density at radius 3 is 1.22 bits per heavy atom. The van der Waals surface area contributed by atoms with Crippen LogP contribution in [0.15, 0.2) is 0 Å². The third-order valence-electron chi connectivity index (χ3n) is 0. The normalized spacial score (nSPS) is 4.00. The summed E-state index contributed by atoms with van der Waals surface area (Å²) in [7, 11) is -1.42. The second-order valence-electron chi connectivity index (χ2n) is 0.486. The predicted octanol–water partition coefficient (Wildman–Crippen LogP) is -1.78. The van der Waals surface area contributed by atoms with E-state index >= 15 is 0 Å². The first-order chi connectivity index (χ1) is 4.15. The van der Waals surface area contributed by atoms with Crippen molar-refractivity contribution < 1.29 is 18.5 Å². The Morgan fingerprint density at radius 2 is 1.22 bits per heavy atom. The van der Waals surface area contributed by atoms with Crippen molar-refractivity contribution in [2.24, 2.45) is 11.5 Å². The predicted molar refractivity (Wildman–Crippen MR) is 28.0 cm³/mol. The minimum Gasteiger partial charge on any atom is -0.352 e. The monoisotopic (exact) mass is 150 g/mol. The molecule has 0 fully saturated rings. The van der Waals surface area contributed by atoms with E-state index in [9.17, 15) is 0 Å². The number of urea groups is 1. The highest BCUT2D eigenvalue weighted by Gasteiger charge is 1.60. The lowest BCUT2D eigenvalue weighted by Crippen LogP contribution is -2.18. The molecule has 0 heterocycles. The number of carbonyl (C=O) groups excluding carboxylic acids is 2. The van der Waals surface area contributed by atoms with Crippen molar-refractivity contribution in [3.05, 3.63) is 0 Å². The van der Waals surface area contributed by atoms with Crippen LogP contribution in [0.5, 0.6) is 0 Å². The second kappa shape index (κ2) is 29.5. The lowest BCUT2D eigenvalue weighted by molar-refractivity contribution is -0.0979. The summed E-state index contributed by atoms with van der Waals surface area (Å²) in [6.07, 6.45) is 0. The van der Waals surface area contributed by atoms with E-state index in [1.54, 1.807) is 0 Å². The fourth-order valence-electron chi connectivity index (χ4n) is 0. The first-order valence-corrected chi connectivity index (χ1v) is 2.29. The molecule has 0 bridgehead atoms. The highest BCUT2D eigenvalue weighted by Crippen LogP contribution is 1.25. The minimum absolute atomic E-state index is 0.833. The number of amides is 2. The first-order valence-electron chi connectivity index (χ1n) is 1.48. The number of rotatable bonds is 0. The lowest BCUT2D eigenvalue weighted by Gasteiger charge is -1.62. The topological polar surface area (TPSA) is 120 Å². The Labute approximate surface area is 53.1 Å². The van der Waals surface area contributed by atoms with Gasteiger partial charge in [0.1, 0.15) is 6.79 Å². The van der Waals surface area contributed by atoms with Gasteiger partial charge in [-0.05, 0) is 0 Å². The van der Waals surface area contributed by atoms with Crippen molar-refractivity contribution >= 4 is 22.1 Å². The van der Waals surface area contributed by atoms with Crippen molar-refractivity contribution in [1.82, 2.24) is 0 Å². The summed E-state index contributed by atoms with van der Waals surface area (Å²) in [6.45, 7) is 2.00. The summed E-state index contributed by atoms with van der Waals surface area (Å²) in [6, 6.07) is -0.833. The van der Waals surface area contributed by atoms with Gasteiger partial charge in [0.2, 0.25) is 0 Å². The maximum absolute atomic E-state index is 9.00. The van der Waals surface area contributed by atoms with E-state index < -0.39 is 15.3 Å². The molecule has 0 aliphatic carbocycles. The van der Waals surface area contributed by atoms with Crippen LogP contribution in [0, 0.1) is 0 Å². The minimum atomic E-state index is -1.42. The van der Waals surface area contributed by atoms with Gasteiger partial charge in [0.05, 0.1) is 0 Å². The summed E-state index contributed by atoms with van der Waals surface area (Å²) in [4.78, 5) is 17.0. The molecule has 52 valence electrons. The van der Waals surface area contributed by atoms with E-state index in [1.165, 1.54) is 0 Å². The van der Waals surface area contributed by atoms with Crippen LogP contribution in [0.2, 0.25) is 0 Å². The number of nitrogens with two attached hydrogens (primary N) is 2. The van der Waals surface area contributed by atoms with Gasteiger partial charge in [-0.15, -0.1) is 0 Å². The molecule has 0 spiro atoms. The third-order valence-corrected chi connectivity index (χ3v) is 0. The Balaban J connectivity index is -0.0000000646. The SMILES string of the molecule is C=O.NC(N)=O.O=[Si]=O. The summed E-state index contributed by atoms with van der Waals surface area (Å²) >= 11 is 0. The molecule has 7 heteroatoms. The first kappa shape index (κ1) is 15.7. The maximum Gasteiger partial charge on any atom is 0.549 e. The molecule has 0 atom stereocenters. The van der Waals surface area contributed by atoms with Crippen molar-refractivity contribution in [2.75, 3.05) is 0 Å². The molecule has 0 unspecified atom stereocenters. The number of carbonyl (C=O) groups is 2. The Hall–Kier alpha value is -1.24. The quantitative estimate of drug-likeness (QED) is 0.396. The Bertz CT molecular complexity index is 94.7. The summed E-state index contributed by atoms with van der Waals surface area (Å²) in [5.41, 5.74) is 8.50. The van der Waals surface area contributed by atoms with Crippen LogP contribution >= 0.6 is 0 Å². The van der Waals surface area contributed by atoms with Gasteiger partial charge in [0.25, 0.3) is 0 Å². The highest BCUT2D eigenvalue weighted by atomic mass is 28.2. The molecule has 0 saturated carbocycles. The molecule has 0 rings (SSSR count). The summed E-state index contributed by atoms with van der Waals surface area (Å²) in [5.74, 6) is 0. The van der Waals surface area contributed by atoms with Crippen LogP contribution in [-0.2, 0) is 13.7 Å². The standard InChI is InChI=1S/CH4N2O.CH2O.O2Si/c2-1(3)4;1-2;1-3-2/h(H4,2,3,4);1H2;. The number of hydrogen-bond donors (Lipinski definition) is 2. The molecule has 0 aromatic heterocycles. The smallest absolute Gasteiger partial charge is 0.352 e. The zero-order valence-corrected chi connectivity index (χ0v) is 5.49. The van der Waals surface area contributed by atoms with Crippen LogP contribution in [0.4, 0.5) is 4.79 Å². The van der Waals surface area contributed by atoms with Gasteiger partial charge in [-0.25, -0.2) is 4.79 Å².